The fraction of sp³-hybridized carbons (Fsp3) is 0.551. The van der Waals surface area contributed by atoms with Gasteiger partial charge in [0.2, 0.25) is 0 Å². The maximum absolute atomic E-state index is 15.0. The monoisotopic (exact) mass is 1050 g/mol. The predicted molar refractivity (Wildman–Crippen MR) is 273 cm³/mol. The number of thiol groups is 1. The molecule has 4 aromatic rings. The molecule has 4 aliphatic heterocycles. The standard InChI is InChI=1S/C49H66F3N15OSSe/c1-11-36-41(42(33-16-17-33)54-26-60(36)8)43-56-48(55-27-61(43)9)64(22-32-12-14-34(15-13-32)47-62(10)39(49(7,51)52)24-65(47)28(2)3)25-40(68)67-29(4)20-63(21-30(67)5)37-18-35(59-69)23-66-38(37)19-53-44(66)46-58-57-45(70-46)31(6)50/h12-15,18-19,23-24,27-31,33,43,47-48,56,59,69H,11,16-17,20-22,25-26H2,1-10H3. The Morgan fingerprint density at radius 3 is 2.40 bits per heavy atom. The van der Waals surface area contributed by atoms with Gasteiger partial charge in [0.15, 0.2) is 6.29 Å². The number of carbonyl (C=O) groups is 1. The number of fused-ring (bicyclic) bond motifs is 1. The van der Waals surface area contributed by atoms with E-state index in [9.17, 15) is 13.2 Å². The van der Waals surface area contributed by atoms with Gasteiger partial charge in [-0.3, -0.25) is 10.3 Å². The fourth-order valence-electron chi connectivity index (χ4n) is 10.6. The number of aliphatic imine (C=N–C) groups is 2. The Bertz CT molecular complexity index is 2680. The summed E-state index contributed by atoms with van der Waals surface area (Å²) < 4.78 is 49.8. The Kier molecular flexibility index (Phi) is 14.1. The van der Waals surface area contributed by atoms with E-state index in [4.69, 9.17) is 15.0 Å². The van der Waals surface area contributed by atoms with Crippen LogP contribution in [0.5, 0.6) is 0 Å². The van der Waals surface area contributed by atoms with E-state index in [-0.39, 0.29) is 56.9 Å². The van der Waals surface area contributed by atoms with Crippen LogP contribution in [0.15, 0.2) is 75.9 Å². The average molecular weight is 1050 g/mol. The number of hydrogen-bond acceptors (Lipinski definition) is 15. The Balaban J connectivity index is 0.995. The normalized spacial score (nSPS) is 23.9. The van der Waals surface area contributed by atoms with Crippen molar-refractivity contribution in [2.24, 2.45) is 15.9 Å². The smallest absolute Gasteiger partial charge is 0.286 e. The molecule has 376 valence electrons. The first-order valence-corrected chi connectivity index (χ1v) is 26.4. The van der Waals surface area contributed by atoms with Crippen LogP contribution in [0, 0.1) is 5.92 Å². The van der Waals surface area contributed by atoms with E-state index in [1.165, 1.54) is 23.9 Å². The van der Waals surface area contributed by atoms with Gasteiger partial charge in [0, 0.05) is 69.8 Å². The van der Waals surface area contributed by atoms with Crippen LogP contribution in [-0.2, 0) is 11.3 Å². The first-order valence-electron chi connectivity index (χ1n) is 24.2. The predicted octanol–water partition coefficient (Wildman–Crippen LogP) is 6.81. The first-order chi connectivity index (χ1) is 33.4. The minimum atomic E-state index is -2.99. The van der Waals surface area contributed by atoms with Crippen LogP contribution in [0.3, 0.4) is 0 Å². The van der Waals surface area contributed by atoms with Gasteiger partial charge < -0.3 is 19.6 Å². The fourth-order valence-corrected chi connectivity index (χ4v) is 12.4. The second-order valence-electron chi connectivity index (χ2n) is 19.8. The van der Waals surface area contributed by atoms with Gasteiger partial charge >= 0.3 is 190 Å². The zero-order valence-electron chi connectivity index (χ0n) is 41.7. The van der Waals surface area contributed by atoms with E-state index < -0.39 is 24.5 Å². The number of piperazine rings is 1. The molecule has 2 N–H and O–H groups in total. The molecule has 2 fully saturated rings. The first kappa shape index (κ1) is 49.9. The van der Waals surface area contributed by atoms with Gasteiger partial charge in [-0.2, -0.15) is 8.78 Å². The third-order valence-electron chi connectivity index (χ3n) is 14.1. The maximum atomic E-state index is 15.0. The number of halogens is 3. The molecule has 0 spiro atoms. The summed E-state index contributed by atoms with van der Waals surface area (Å²) >= 11 is 4.02. The molecule has 21 heteroatoms. The van der Waals surface area contributed by atoms with Crippen LogP contribution in [0.4, 0.5) is 24.5 Å². The van der Waals surface area contributed by atoms with Crippen molar-refractivity contribution in [3.05, 3.63) is 81.6 Å². The molecule has 1 aromatic carbocycles. The Morgan fingerprint density at radius 1 is 1.07 bits per heavy atom. The number of allylic oxidation sites excluding steroid dienone is 2. The zero-order chi connectivity index (χ0) is 49.9. The summed E-state index contributed by atoms with van der Waals surface area (Å²) in [5.74, 6) is -1.96. The average Bonchev–Trinajstić information content (AvgIpc) is 3.68. The Hall–Kier alpha value is -5.08. The molecule has 3 aromatic heterocycles. The molecule has 0 bridgehead atoms. The number of amides is 1. The number of rotatable bonds is 15. The molecule has 1 saturated carbocycles. The second kappa shape index (κ2) is 19.8. The van der Waals surface area contributed by atoms with Gasteiger partial charge in [-0.25, -0.2) is 4.99 Å². The summed E-state index contributed by atoms with van der Waals surface area (Å²) in [7, 11) is 5.85. The zero-order valence-corrected chi connectivity index (χ0v) is 44.3. The number of carbonyl (C=O) groups excluding carboxylic acids is 1. The molecule has 5 aliphatic rings. The van der Waals surface area contributed by atoms with Crippen molar-refractivity contribution in [1.82, 2.24) is 54.3 Å². The topological polar surface area (TPSA) is 132 Å². The van der Waals surface area contributed by atoms with Crippen LogP contribution in [0.1, 0.15) is 95.8 Å². The third-order valence-corrected chi connectivity index (χ3v) is 16.7. The van der Waals surface area contributed by atoms with Gasteiger partial charge in [0.05, 0.1) is 6.34 Å². The van der Waals surface area contributed by atoms with Gasteiger partial charge in [-0.05, 0) is 44.2 Å². The van der Waals surface area contributed by atoms with Crippen LogP contribution >= 0.6 is 12.8 Å². The molecule has 9 rings (SSSR count). The summed E-state index contributed by atoms with van der Waals surface area (Å²) in [6.07, 6.45) is 7.92. The van der Waals surface area contributed by atoms with Crippen molar-refractivity contribution in [1.29, 1.82) is 0 Å². The van der Waals surface area contributed by atoms with Crippen molar-refractivity contribution in [3.63, 3.8) is 0 Å². The molecule has 0 radical (unpaired) electrons. The largest absolute Gasteiger partial charge is 0.358 e. The van der Waals surface area contributed by atoms with E-state index in [1.807, 2.05) is 84.2 Å². The number of nitrogens with one attached hydrogen (secondary N) is 2. The van der Waals surface area contributed by atoms with Crippen LogP contribution in [0.2, 0.25) is 0 Å². The third kappa shape index (κ3) is 9.67. The summed E-state index contributed by atoms with van der Waals surface area (Å²) in [4.78, 5) is 44.3. The van der Waals surface area contributed by atoms with E-state index in [2.05, 4.69) is 80.5 Å². The summed E-state index contributed by atoms with van der Waals surface area (Å²) in [6.45, 7) is 15.0. The minimum absolute atomic E-state index is 0.00975. The molecular weight excluding hydrogens is 983 g/mol. The SMILES string of the molecule is CCC1=C(C2NC(N(CC(=O)N3C(C)CN(c4cc(NS)cn5c(-c6nnc(C(C)F)[se]6)ncc45)CC3C)Cc3ccc(C4N(C)C(C(C)(F)F)=CN4C(C)C)cc3)N=CN2C)C(C2CC2)=NCN1C. The number of imidazole rings is 1. The molecule has 1 aliphatic carbocycles. The summed E-state index contributed by atoms with van der Waals surface area (Å²) in [6, 6.07) is 9.78. The van der Waals surface area contributed by atoms with Crippen LogP contribution in [-0.4, -0.2) is 165 Å². The molecule has 1 amide bonds. The van der Waals surface area contributed by atoms with Crippen LogP contribution in [0.25, 0.3) is 15.9 Å². The quantitative estimate of drug-likeness (QED) is 0.0855. The van der Waals surface area contributed by atoms with Gasteiger partial charge in [0.1, 0.15) is 24.7 Å². The number of nitrogens with zero attached hydrogens (tertiary/aromatic N) is 13. The molecule has 16 nitrogen and oxygen atoms in total. The van der Waals surface area contributed by atoms with Gasteiger partial charge in [0.25, 0.3) is 5.92 Å². The summed E-state index contributed by atoms with van der Waals surface area (Å²) in [5, 5.41) is 12.3. The number of hydrogen-bond donors (Lipinski definition) is 3. The Labute approximate surface area is 420 Å². The van der Waals surface area contributed by atoms with Crippen molar-refractivity contribution < 1.29 is 18.0 Å². The Morgan fingerprint density at radius 2 is 1.79 bits per heavy atom. The number of benzene rings is 1. The second-order valence-corrected chi connectivity index (χ2v) is 22.2. The molecule has 6 atom stereocenters. The van der Waals surface area contributed by atoms with Gasteiger partial charge in [-0.1, -0.05) is 31.2 Å². The number of pyridine rings is 1. The molecular formula is C49H66F3N15OSSe. The van der Waals surface area contributed by atoms with Crippen molar-refractivity contribution in [2.75, 3.05) is 57.1 Å². The molecule has 70 heavy (non-hydrogen) atoms. The number of aromatic nitrogens is 4. The number of likely N-dealkylation sites (N-methyl/N-ethyl adjacent to an activating group) is 1. The van der Waals surface area contributed by atoms with Crippen molar-refractivity contribution in [2.45, 2.75) is 123 Å². The molecule has 6 unspecified atom stereocenters. The van der Waals surface area contributed by atoms with E-state index in [0.29, 0.717) is 47.2 Å². The van der Waals surface area contributed by atoms with E-state index in [0.717, 1.165) is 54.2 Å². The van der Waals surface area contributed by atoms with E-state index in [1.54, 1.807) is 18.1 Å². The number of alkyl halides is 3. The van der Waals surface area contributed by atoms with E-state index >= 15 is 4.79 Å². The molecule has 7 heterocycles. The number of anilines is 2. The van der Waals surface area contributed by atoms with Gasteiger partial charge in [-0.15, -0.1) is 0 Å². The molecule has 1 saturated heterocycles. The van der Waals surface area contributed by atoms with Crippen molar-refractivity contribution >= 4 is 62.2 Å². The maximum Gasteiger partial charge on any atom is 0.286 e. The van der Waals surface area contributed by atoms with Crippen LogP contribution < -0.4 is 14.9 Å². The minimum Gasteiger partial charge on any atom is -0.358 e. The van der Waals surface area contributed by atoms with Crippen molar-refractivity contribution in [3.8, 4) is 10.4 Å². The summed E-state index contributed by atoms with van der Waals surface area (Å²) in [5.41, 5.74) is 7.97.